The van der Waals surface area contributed by atoms with Gasteiger partial charge in [0.25, 0.3) is 0 Å². The Morgan fingerprint density at radius 2 is 0.825 bits per heavy atom. The quantitative estimate of drug-likeness (QED) is 0.0760. The third kappa shape index (κ3) is 18.9. The number of ether oxygens (including phenoxy) is 4. The third-order valence-corrected chi connectivity index (χ3v) is 6.81. The van der Waals surface area contributed by atoms with Gasteiger partial charge in [-0.05, 0) is 72.8 Å². The number of esters is 4. The SMILES string of the molecule is CC(=O)Oc1c(F)ccc(Cl)c1F.CC(=O)Oc1c(F)ccc(F)c1Cl.CC(=O)Oc1c(F)cccc1Cl.CC(=O)Oc1ccc(F)cc1.Fc1ccccc1Cl. The van der Waals surface area contributed by atoms with Crippen molar-refractivity contribution in [3.63, 3.8) is 0 Å². The van der Waals surface area contributed by atoms with E-state index in [0.717, 1.165) is 38.1 Å². The third-order valence-electron chi connectivity index (χ3n) is 5.56. The molecule has 0 aliphatic heterocycles. The Balaban J connectivity index is 0.000000359. The minimum absolute atomic E-state index is 0.0881. The van der Waals surface area contributed by atoms with E-state index >= 15 is 0 Å². The lowest BCUT2D eigenvalue weighted by atomic mass is 10.3. The van der Waals surface area contributed by atoms with Crippen LogP contribution in [0.4, 0.5) is 30.7 Å². The molecule has 0 aliphatic carbocycles. The summed E-state index contributed by atoms with van der Waals surface area (Å²) < 4.78 is 107. The molecule has 0 N–H and O–H groups in total. The number of benzene rings is 5. The molecule has 8 nitrogen and oxygen atoms in total. The average Bonchev–Trinajstić information content (AvgIpc) is 3.13. The molecule has 19 heteroatoms. The van der Waals surface area contributed by atoms with Crippen LogP contribution in [0.2, 0.25) is 20.1 Å². The van der Waals surface area contributed by atoms with Gasteiger partial charge in [0.15, 0.2) is 34.8 Å². The second kappa shape index (κ2) is 25.0. The summed E-state index contributed by atoms with van der Waals surface area (Å²) in [6.45, 7) is 4.59. The monoisotopic (exact) mass is 884 g/mol. The first-order chi connectivity index (χ1) is 26.6. The number of hydrogen-bond donors (Lipinski definition) is 0. The topological polar surface area (TPSA) is 105 Å². The van der Waals surface area contributed by atoms with Gasteiger partial charge in [-0.3, -0.25) is 19.2 Å². The Bertz CT molecular complexity index is 2050. The average molecular weight is 886 g/mol. The number of carbonyl (C=O) groups is 4. The van der Waals surface area contributed by atoms with Gasteiger partial charge in [0.1, 0.15) is 28.2 Å². The van der Waals surface area contributed by atoms with E-state index in [4.69, 9.17) is 46.4 Å². The van der Waals surface area contributed by atoms with E-state index < -0.39 is 69.5 Å². The van der Waals surface area contributed by atoms with Crippen molar-refractivity contribution in [2.45, 2.75) is 27.7 Å². The standard InChI is InChI=1S/2C8H5ClF2O2.C8H6ClFO2.C8H7FO2.C6H4ClF/c1-4(12)13-8-6(11)3-2-5(10)7(8)9;1-4(12)13-8-6(10)3-2-5(9)7(8)11;1-5(11)12-8-6(9)3-2-4-7(8)10;1-6(10)11-8-4-2-7(9)3-5-8;7-5-3-1-2-4-6(5)8/h2*2-3H,1H3;2-4H,1H3;2-5H,1H3;1-4H. The van der Waals surface area contributed by atoms with Crippen LogP contribution < -0.4 is 18.9 Å². The smallest absolute Gasteiger partial charge is 0.308 e. The molecule has 5 aromatic carbocycles. The molecule has 57 heavy (non-hydrogen) atoms. The zero-order chi connectivity index (χ0) is 43.4. The first-order valence-corrected chi connectivity index (χ1v) is 16.8. The van der Waals surface area contributed by atoms with Gasteiger partial charge in [0.2, 0.25) is 5.75 Å². The van der Waals surface area contributed by atoms with Gasteiger partial charge in [-0.2, -0.15) is 0 Å². The molecule has 0 fully saturated rings. The Labute approximate surface area is 340 Å². The lowest BCUT2D eigenvalue weighted by molar-refractivity contribution is -0.133. The number of halogens is 11. The molecule has 0 saturated heterocycles. The molecule has 0 spiro atoms. The molecular formula is C38H27Cl4F7O8. The first kappa shape index (κ1) is 49.7. The van der Waals surface area contributed by atoms with Crippen LogP contribution in [0, 0.1) is 40.7 Å². The van der Waals surface area contributed by atoms with Gasteiger partial charge in [0.05, 0.1) is 15.1 Å². The number of hydrogen-bond acceptors (Lipinski definition) is 8. The van der Waals surface area contributed by atoms with Gasteiger partial charge in [-0.25, -0.2) is 30.7 Å². The van der Waals surface area contributed by atoms with E-state index in [1.165, 1.54) is 68.4 Å². The summed E-state index contributed by atoms with van der Waals surface area (Å²) in [6.07, 6.45) is 0. The summed E-state index contributed by atoms with van der Waals surface area (Å²) in [6, 6.07) is 19.1. The maximum absolute atomic E-state index is 13.0. The molecule has 0 saturated carbocycles. The van der Waals surface area contributed by atoms with Crippen LogP contribution in [0.5, 0.6) is 23.0 Å². The van der Waals surface area contributed by atoms with E-state index in [9.17, 15) is 49.9 Å². The maximum atomic E-state index is 13.0. The van der Waals surface area contributed by atoms with Gasteiger partial charge < -0.3 is 18.9 Å². The van der Waals surface area contributed by atoms with Crippen LogP contribution in [0.15, 0.2) is 91.0 Å². The molecule has 0 atom stereocenters. The molecule has 0 unspecified atom stereocenters. The molecular weight excluding hydrogens is 859 g/mol. The van der Waals surface area contributed by atoms with E-state index in [1.54, 1.807) is 12.1 Å². The highest BCUT2D eigenvalue weighted by molar-refractivity contribution is 6.32. The molecule has 5 rings (SSSR count). The maximum Gasteiger partial charge on any atom is 0.308 e. The van der Waals surface area contributed by atoms with Crippen molar-refractivity contribution < 1.29 is 68.9 Å². The van der Waals surface area contributed by atoms with Crippen molar-refractivity contribution in [3.8, 4) is 23.0 Å². The number of rotatable bonds is 4. The van der Waals surface area contributed by atoms with Crippen molar-refractivity contribution in [2.75, 3.05) is 0 Å². The van der Waals surface area contributed by atoms with Crippen LogP contribution in [-0.4, -0.2) is 23.9 Å². The molecule has 0 aliphatic rings. The summed E-state index contributed by atoms with van der Waals surface area (Å²) in [7, 11) is 0. The van der Waals surface area contributed by atoms with Crippen LogP contribution in [0.25, 0.3) is 0 Å². The van der Waals surface area contributed by atoms with Crippen LogP contribution in [0.3, 0.4) is 0 Å². The van der Waals surface area contributed by atoms with E-state index in [1.807, 2.05) is 0 Å². The van der Waals surface area contributed by atoms with Crippen molar-refractivity contribution in [2.24, 2.45) is 0 Å². The van der Waals surface area contributed by atoms with E-state index in [-0.39, 0.29) is 32.5 Å². The van der Waals surface area contributed by atoms with Crippen molar-refractivity contribution in [1.29, 1.82) is 0 Å². The van der Waals surface area contributed by atoms with Crippen molar-refractivity contribution in [3.05, 3.63) is 152 Å². The van der Waals surface area contributed by atoms with E-state index in [0.29, 0.717) is 5.75 Å². The Kier molecular flexibility index (Phi) is 21.8. The molecule has 304 valence electrons. The summed E-state index contributed by atoms with van der Waals surface area (Å²) in [5.41, 5.74) is 0. The van der Waals surface area contributed by atoms with Crippen LogP contribution in [-0.2, 0) is 19.2 Å². The predicted octanol–water partition coefficient (Wildman–Crippen LogP) is 11.7. The highest BCUT2D eigenvalue weighted by Gasteiger charge is 2.16. The van der Waals surface area contributed by atoms with Gasteiger partial charge in [-0.1, -0.05) is 64.6 Å². The molecule has 0 amide bonds. The predicted molar refractivity (Wildman–Crippen MR) is 197 cm³/mol. The first-order valence-electron chi connectivity index (χ1n) is 15.2. The minimum Gasteiger partial charge on any atom is -0.427 e. The normalized spacial score (nSPS) is 9.60. The molecule has 0 radical (unpaired) electrons. The van der Waals surface area contributed by atoms with Gasteiger partial charge >= 0.3 is 23.9 Å². The lowest BCUT2D eigenvalue weighted by Crippen LogP contribution is -2.05. The Morgan fingerprint density at radius 1 is 0.404 bits per heavy atom. The largest absolute Gasteiger partial charge is 0.427 e. The van der Waals surface area contributed by atoms with Gasteiger partial charge in [-0.15, -0.1) is 0 Å². The van der Waals surface area contributed by atoms with Crippen LogP contribution >= 0.6 is 46.4 Å². The molecule has 5 aromatic rings. The fraction of sp³-hybridized carbons (Fsp3) is 0.105. The Hall–Kier alpha value is -5.35. The van der Waals surface area contributed by atoms with Crippen molar-refractivity contribution >= 4 is 70.3 Å². The zero-order valence-electron chi connectivity index (χ0n) is 29.6. The summed E-state index contributed by atoms with van der Waals surface area (Å²) in [5, 5.41) is -0.564. The molecule has 0 aromatic heterocycles. The fourth-order valence-electron chi connectivity index (χ4n) is 3.32. The van der Waals surface area contributed by atoms with Crippen LogP contribution in [0.1, 0.15) is 27.7 Å². The highest BCUT2D eigenvalue weighted by Crippen LogP contribution is 2.31. The number of para-hydroxylation sites is 1. The summed E-state index contributed by atoms with van der Waals surface area (Å²) in [4.78, 5) is 41.7. The second-order valence-corrected chi connectivity index (χ2v) is 11.7. The van der Waals surface area contributed by atoms with E-state index in [2.05, 4.69) is 18.9 Å². The fourth-order valence-corrected chi connectivity index (χ4v) is 4.00. The summed E-state index contributed by atoms with van der Waals surface area (Å²) in [5.74, 6) is -8.85. The number of carbonyl (C=O) groups excluding carboxylic acids is 4. The lowest BCUT2D eigenvalue weighted by Gasteiger charge is -2.04. The zero-order valence-corrected chi connectivity index (χ0v) is 32.6. The Morgan fingerprint density at radius 3 is 1.32 bits per heavy atom. The van der Waals surface area contributed by atoms with Gasteiger partial charge in [0, 0.05) is 27.7 Å². The van der Waals surface area contributed by atoms with Crippen molar-refractivity contribution in [1.82, 2.24) is 0 Å². The summed E-state index contributed by atoms with van der Waals surface area (Å²) >= 11 is 21.6. The minimum atomic E-state index is -1.07. The molecule has 0 heterocycles. The highest BCUT2D eigenvalue weighted by atomic mass is 35.5. The molecule has 0 bridgehead atoms. The second-order valence-electron chi connectivity index (χ2n) is 10.1.